The molecule has 0 amide bonds. The van der Waals surface area contributed by atoms with Gasteiger partial charge in [-0.2, -0.15) is 0 Å². The second kappa shape index (κ2) is 45.0. The van der Waals surface area contributed by atoms with Crippen molar-refractivity contribution in [3.05, 3.63) is 493 Å². The second-order valence-corrected chi connectivity index (χ2v) is 35.8. The fourth-order valence-corrected chi connectivity index (χ4v) is 20.2. The van der Waals surface area contributed by atoms with Crippen molar-refractivity contribution in [1.29, 1.82) is 0 Å². The molecule has 0 aliphatic rings. The van der Waals surface area contributed by atoms with Gasteiger partial charge in [-0.1, -0.05) is 384 Å². The van der Waals surface area contributed by atoms with E-state index in [0.717, 1.165) is 0 Å². The van der Waals surface area contributed by atoms with E-state index in [9.17, 15) is 0 Å². The van der Waals surface area contributed by atoms with Crippen LogP contribution in [0.1, 0.15) is 7.43 Å². The fraction of sp³-hybridized carbons (Fsp3) is 0.00901. The van der Waals surface area contributed by atoms with Gasteiger partial charge in [0.1, 0.15) is 0 Å². The smallest absolute Gasteiger partial charge is 0.0449 e. The molecule has 9 heteroatoms. The molecule has 0 unspecified atom stereocenters. The molecule has 0 fully saturated rings. The van der Waals surface area contributed by atoms with Crippen LogP contribution in [0.3, 0.4) is 0 Å². The third-order valence-corrected chi connectivity index (χ3v) is 27.9. The van der Waals surface area contributed by atoms with Crippen LogP contribution in [0.2, 0.25) is 0 Å². The number of rotatable bonds is 12. The van der Waals surface area contributed by atoms with Crippen molar-refractivity contribution >= 4 is 124 Å². The van der Waals surface area contributed by atoms with Gasteiger partial charge in [0.15, 0.2) is 0 Å². The van der Waals surface area contributed by atoms with Crippen LogP contribution in [0.15, 0.2) is 493 Å². The van der Waals surface area contributed by atoms with Gasteiger partial charge in [0.25, 0.3) is 0 Å². The minimum atomic E-state index is 0. The van der Waals surface area contributed by atoms with Crippen LogP contribution in [0.4, 0.5) is 0 Å². The summed E-state index contributed by atoms with van der Waals surface area (Å²) in [5.74, 6) is 0. The molecular formula is C111H86S9. The summed E-state index contributed by atoms with van der Waals surface area (Å²) in [6, 6.07) is 160. The average molecular weight is 1710 g/mol. The number of hydrogen-bond donors (Lipinski definition) is 0. The maximum atomic E-state index is 2.25. The van der Waals surface area contributed by atoms with Gasteiger partial charge in [-0.05, 0) is 210 Å². The zero-order valence-electron chi connectivity index (χ0n) is 65.0. The normalized spacial score (nSPS) is 10.3. The molecule has 22 aromatic rings. The Morgan fingerprint density at radius 2 is 0.292 bits per heavy atom. The van der Waals surface area contributed by atoms with Gasteiger partial charge >= 0.3 is 0 Å². The Morgan fingerprint density at radius 1 is 0.108 bits per heavy atom. The topological polar surface area (TPSA) is 0 Å². The van der Waals surface area contributed by atoms with Gasteiger partial charge in [-0.15, -0.1) is 102 Å². The van der Waals surface area contributed by atoms with E-state index in [2.05, 4.69) is 468 Å². The standard InChI is InChI=1S/3C16H12S.C14H10S2.2C14H10S.2C10H8S.CH4/c1-3-7-13(8-4-1)15-11-12-16(17-15)14-9-5-2-6-10-14;2*1-2-5-13(6-3-1)14-8-10-15(11-9-14)16-7-4-12-17-16;1-2-5-11(6-3-1)12-8-9-14(16-12)13-7-4-10-15-13;2*1-2-5-12-10-13(8-7-11(12)4-1)14-6-3-9-15-14;2*1-2-5-9(6-3-1)10-7-4-8-11-10;/h3*1-12H;1-10H;2*1-10H;2*1-8H;1H4. The quantitative estimate of drug-likeness (QED) is 0.114. The summed E-state index contributed by atoms with van der Waals surface area (Å²) in [6.45, 7) is 0. The Bertz CT molecular complexity index is 6140. The van der Waals surface area contributed by atoms with Crippen LogP contribution in [0, 0.1) is 0 Å². The van der Waals surface area contributed by atoms with E-state index < -0.39 is 0 Å². The lowest BCUT2D eigenvalue weighted by molar-refractivity contribution is 1.62. The van der Waals surface area contributed by atoms with Crippen LogP contribution >= 0.6 is 102 Å². The van der Waals surface area contributed by atoms with Crippen LogP contribution in [0.5, 0.6) is 0 Å². The van der Waals surface area contributed by atoms with E-state index in [1.165, 1.54) is 148 Å². The molecule has 13 aromatic carbocycles. The molecule has 22 rings (SSSR count). The van der Waals surface area contributed by atoms with Crippen molar-refractivity contribution in [3.8, 4) is 126 Å². The van der Waals surface area contributed by atoms with Gasteiger partial charge in [0, 0.05) is 53.6 Å². The van der Waals surface area contributed by atoms with Crippen molar-refractivity contribution in [1.82, 2.24) is 0 Å². The molecule has 0 radical (unpaired) electrons. The Hall–Kier alpha value is -12.3. The van der Waals surface area contributed by atoms with E-state index >= 15 is 0 Å². The summed E-state index contributed by atoms with van der Waals surface area (Å²) in [7, 11) is 0. The molecule has 9 aromatic heterocycles. The average Bonchev–Trinajstić information content (AvgIpc) is 1.41. The Balaban J connectivity index is 0.000000113. The van der Waals surface area contributed by atoms with Gasteiger partial charge in [0.2, 0.25) is 0 Å². The molecule has 0 nitrogen and oxygen atoms in total. The molecule has 0 aliphatic heterocycles. The van der Waals surface area contributed by atoms with Crippen LogP contribution in [-0.4, -0.2) is 0 Å². The first-order valence-electron chi connectivity index (χ1n) is 39.1. The molecule has 0 bridgehead atoms. The highest BCUT2D eigenvalue weighted by atomic mass is 32.1. The van der Waals surface area contributed by atoms with Crippen molar-refractivity contribution < 1.29 is 0 Å². The zero-order chi connectivity index (χ0) is 80.5. The van der Waals surface area contributed by atoms with E-state index in [4.69, 9.17) is 0 Å². The summed E-state index contributed by atoms with van der Waals surface area (Å²) in [6.07, 6.45) is 0. The first-order chi connectivity index (χ1) is 59.0. The predicted molar refractivity (Wildman–Crippen MR) is 539 cm³/mol. The lowest BCUT2D eigenvalue weighted by atomic mass is 10.0. The number of hydrogen-bond acceptors (Lipinski definition) is 9. The Kier molecular flexibility index (Phi) is 31.6. The summed E-state index contributed by atoms with van der Waals surface area (Å²) in [5, 5.41) is 20.0. The molecule has 0 saturated carbocycles. The molecule has 0 aliphatic carbocycles. The maximum Gasteiger partial charge on any atom is 0.0449 e. The van der Waals surface area contributed by atoms with Gasteiger partial charge in [0.05, 0.1) is 0 Å². The number of benzene rings is 13. The maximum absolute atomic E-state index is 2.25. The molecule has 0 saturated heterocycles. The molecular weight excluding hydrogens is 1620 g/mol. The highest BCUT2D eigenvalue weighted by Gasteiger charge is 2.09. The number of thiophene rings is 9. The minimum Gasteiger partial charge on any atom is -0.144 e. The first-order valence-corrected chi connectivity index (χ1v) is 46.8. The molecule has 0 spiro atoms. The highest BCUT2D eigenvalue weighted by Crippen LogP contribution is 2.39. The van der Waals surface area contributed by atoms with Crippen molar-refractivity contribution in [2.45, 2.75) is 7.43 Å². The highest BCUT2D eigenvalue weighted by molar-refractivity contribution is 7.23. The van der Waals surface area contributed by atoms with E-state index in [1.54, 1.807) is 79.4 Å². The van der Waals surface area contributed by atoms with E-state index in [1.807, 2.05) is 46.9 Å². The zero-order valence-corrected chi connectivity index (χ0v) is 72.4. The predicted octanol–water partition coefficient (Wildman–Crippen LogP) is 37.0. The third kappa shape index (κ3) is 24.2. The van der Waals surface area contributed by atoms with Crippen molar-refractivity contribution in [2.24, 2.45) is 0 Å². The van der Waals surface area contributed by atoms with E-state index in [-0.39, 0.29) is 7.43 Å². The summed E-state index contributed by atoms with van der Waals surface area (Å²) in [4.78, 5) is 14.7. The molecule has 584 valence electrons. The van der Waals surface area contributed by atoms with Crippen LogP contribution in [-0.2, 0) is 0 Å². The fourth-order valence-electron chi connectivity index (χ4n) is 13.0. The van der Waals surface area contributed by atoms with Crippen molar-refractivity contribution in [3.63, 3.8) is 0 Å². The minimum absolute atomic E-state index is 0. The molecule has 0 atom stereocenters. The summed E-state index contributed by atoms with van der Waals surface area (Å²) in [5.41, 5.74) is 16.8. The van der Waals surface area contributed by atoms with Crippen molar-refractivity contribution in [2.75, 3.05) is 0 Å². The first kappa shape index (κ1) is 84.1. The van der Waals surface area contributed by atoms with Gasteiger partial charge in [-0.25, -0.2) is 0 Å². The lowest BCUT2D eigenvalue weighted by Crippen LogP contribution is -1.77. The molecule has 9 heterocycles. The lowest BCUT2D eigenvalue weighted by Gasteiger charge is -2.02. The molecule has 120 heavy (non-hydrogen) atoms. The van der Waals surface area contributed by atoms with Gasteiger partial charge < -0.3 is 0 Å². The Labute approximate surface area is 742 Å². The molecule has 0 N–H and O–H groups in total. The SMILES string of the molecule is C.c1ccc(-c2ccc(-c3ccccc3)s2)cc1.c1ccc(-c2ccc(-c3cccs3)cc2)cc1.c1ccc(-c2ccc(-c3cccs3)cc2)cc1.c1ccc(-c2ccc(-c3cccs3)s2)cc1.c1ccc(-c2cccs2)cc1.c1ccc(-c2cccs2)cc1.c1csc(-c2ccc3ccccc3c2)c1.c1csc(-c2ccc3ccccc3c2)c1. The number of fused-ring (bicyclic) bond motifs is 2. The van der Waals surface area contributed by atoms with E-state index in [0.29, 0.717) is 0 Å². The van der Waals surface area contributed by atoms with Crippen LogP contribution in [0.25, 0.3) is 148 Å². The summed E-state index contributed by atoms with van der Waals surface area (Å²) < 4.78 is 0. The van der Waals surface area contributed by atoms with Crippen LogP contribution < -0.4 is 0 Å². The van der Waals surface area contributed by atoms with Gasteiger partial charge in [-0.3, -0.25) is 0 Å². The Morgan fingerprint density at radius 3 is 0.558 bits per heavy atom. The largest absolute Gasteiger partial charge is 0.144 e. The second-order valence-electron chi connectivity index (χ2n) is 27.0. The third-order valence-electron chi connectivity index (χ3n) is 19.0. The monoisotopic (exact) mass is 1710 g/mol. The summed E-state index contributed by atoms with van der Waals surface area (Å²) >= 11 is 16.2.